The Labute approximate surface area is 175 Å². The van der Waals surface area contributed by atoms with Crippen LogP contribution in [0, 0.1) is 6.92 Å². The number of carbonyl (C=O) groups is 1. The van der Waals surface area contributed by atoms with Gasteiger partial charge in [-0.25, -0.2) is 9.67 Å². The Morgan fingerprint density at radius 3 is 2.69 bits per heavy atom. The molecule has 29 heavy (non-hydrogen) atoms. The van der Waals surface area contributed by atoms with Crippen LogP contribution in [-0.2, 0) is 11.3 Å². The number of nitrogens with zero attached hydrogens (tertiary/aromatic N) is 4. The van der Waals surface area contributed by atoms with Crippen molar-refractivity contribution < 1.29 is 4.79 Å². The van der Waals surface area contributed by atoms with Gasteiger partial charge >= 0.3 is 0 Å². The van der Waals surface area contributed by atoms with Gasteiger partial charge in [0, 0.05) is 5.69 Å². The number of hydrogen-bond donors (Lipinski definition) is 1. The van der Waals surface area contributed by atoms with Crippen LogP contribution in [0.5, 0.6) is 0 Å². The summed E-state index contributed by atoms with van der Waals surface area (Å²) in [4.78, 5) is 29.5. The van der Waals surface area contributed by atoms with Crippen molar-refractivity contribution in [1.82, 2.24) is 19.3 Å². The number of fused-ring (bicyclic) bond motifs is 1. The lowest BCUT2D eigenvalue weighted by atomic mass is 10.2. The second-order valence-electron chi connectivity index (χ2n) is 6.43. The highest BCUT2D eigenvalue weighted by Gasteiger charge is 2.14. The van der Waals surface area contributed by atoms with E-state index < -0.39 is 5.91 Å². The van der Waals surface area contributed by atoms with Crippen LogP contribution < -0.4 is 10.9 Å². The molecule has 2 aromatic carbocycles. The molecule has 2 heterocycles. The third-order valence-electron chi connectivity index (χ3n) is 4.42. The molecule has 2 aromatic heterocycles. The van der Waals surface area contributed by atoms with E-state index in [-0.39, 0.29) is 12.1 Å². The first-order chi connectivity index (χ1) is 13.9. The van der Waals surface area contributed by atoms with Gasteiger partial charge in [0.1, 0.15) is 18.3 Å². The summed E-state index contributed by atoms with van der Waals surface area (Å²) in [6.07, 6.45) is 2.81. The zero-order chi connectivity index (χ0) is 20.5. The number of aryl methyl sites for hydroxylation is 1. The van der Waals surface area contributed by atoms with Crippen LogP contribution in [0.3, 0.4) is 0 Å². The highest BCUT2D eigenvalue weighted by atomic mass is 35.5. The maximum atomic E-state index is 12.8. The number of nitrogens with one attached hydrogen (secondary N) is 1. The number of amides is 1. The van der Waals surface area contributed by atoms with Gasteiger partial charge in [-0.1, -0.05) is 41.4 Å². The molecule has 0 aliphatic rings. The summed E-state index contributed by atoms with van der Waals surface area (Å²) >= 11 is 11.8. The monoisotopic (exact) mass is 427 g/mol. The standard InChI is InChI=1S/C20H15Cl2N5O2/c1-12-4-2-3-5-17(12)27-19-14(9-24-27)20(29)26(11-23-19)10-18(28)25-13-6-7-15(21)16(22)8-13/h2-9,11H,10H2,1H3,(H,25,28). The van der Waals surface area contributed by atoms with Crippen molar-refractivity contribution in [3.63, 3.8) is 0 Å². The molecule has 0 spiro atoms. The molecule has 146 valence electrons. The quantitative estimate of drug-likeness (QED) is 0.536. The predicted molar refractivity (Wildman–Crippen MR) is 113 cm³/mol. The Bertz CT molecular complexity index is 1300. The predicted octanol–water partition coefficient (Wildman–Crippen LogP) is 3.84. The van der Waals surface area contributed by atoms with E-state index in [0.717, 1.165) is 11.3 Å². The molecule has 0 fully saturated rings. The molecule has 0 aliphatic carbocycles. The zero-order valence-electron chi connectivity index (χ0n) is 15.3. The van der Waals surface area contributed by atoms with Gasteiger partial charge < -0.3 is 5.32 Å². The Balaban J connectivity index is 1.61. The summed E-state index contributed by atoms with van der Waals surface area (Å²) in [6, 6.07) is 12.4. The maximum Gasteiger partial charge on any atom is 0.264 e. The number of halogens is 2. The van der Waals surface area contributed by atoms with Gasteiger partial charge in [-0.15, -0.1) is 0 Å². The van der Waals surface area contributed by atoms with Crippen LogP contribution in [-0.4, -0.2) is 25.2 Å². The molecule has 1 amide bonds. The average Bonchev–Trinajstić information content (AvgIpc) is 3.12. The van der Waals surface area contributed by atoms with E-state index in [9.17, 15) is 9.59 Å². The Morgan fingerprint density at radius 1 is 1.14 bits per heavy atom. The highest BCUT2D eigenvalue weighted by molar-refractivity contribution is 6.42. The van der Waals surface area contributed by atoms with Gasteiger partial charge in [-0.05, 0) is 36.8 Å². The molecule has 4 rings (SSSR count). The zero-order valence-corrected chi connectivity index (χ0v) is 16.8. The number of para-hydroxylation sites is 1. The summed E-state index contributed by atoms with van der Waals surface area (Å²) in [5, 5.41) is 8.04. The number of carbonyl (C=O) groups excluding carboxylic acids is 1. The third kappa shape index (κ3) is 3.74. The second kappa shape index (κ2) is 7.69. The van der Waals surface area contributed by atoms with Crippen LogP contribution in [0.4, 0.5) is 5.69 Å². The first-order valence-electron chi connectivity index (χ1n) is 8.68. The van der Waals surface area contributed by atoms with Crippen LogP contribution in [0.15, 0.2) is 59.8 Å². The Kier molecular flexibility index (Phi) is 5.08. The average molecular weight is 428 g/mol. The summed E-state index contributed by atoms with van der Waals surface area (Å²) in [5.74, 6) is -0.391. The number of aromatic nitrogens is 4. The molecular formula is C20H15Cl2N5O2. The second-order valence-corrected chi connectivity index (χ2v) is 7.25. The van der Waals surface area contributed by atoms with E-state index in [4.69, 9.17) is 23.2 Å². The van der Waals surface area contributed by atoms with Crippen molar-refractivity contribution >= 4 is 45.8 Å². The van der Waals surface area contributed by atoms with Crippen molar-refractivity contribution in [3.05, 3.63) is 81.0 Å². The fourth-order valence-electron chi connectivity index (χ4n) is 2.97. The normalized spacial score (nSPS) is 11.0. The molecule has 9 heteroatoms. The molecule has 0 aliphatic heterocycles. The summed E-state index contributed by atoms with van der Waals surface area (Å²) in [7, 11) is 0. The van der Waals surface area contributed by atoms with Gasteiger partial charge in [0.25, 0.3) is 5.56 Å². The molecule has 4 aromatic rings. The lowest BCUT2D eigenvalue weighted by molar-refractivity contribution is -0.116. The molecule has 7 nitrogen and oxygen atoms in total. The van der Waals surface area contributed by atoms with Crippen molar-refractivity contribution in [2.24, 2.45) is 0 Å². The maximum absolute atomic E-state index is 12.8. The van der Waals surface area contributed by atoms with Crippen molar-refractivity contribution in [2.45, 2.75) is 13.5 Å². The number of benzene rings is 2. The van der Waals surface area contributed by atoms with Gasteiger partial charge in [-0.3, -0.25) is 14.2 Å². The van der Waals surface area contributed by atoms with E-state index >= 15 is 0 Å². The minimum Gasteiger partial charge on any atom is -0.324 e. The fourth-order valence-corrected chi connectivity index (χ4v) is 3.27. The smallest absolute Gasteiger partial charge is 0.264 e. The highest BCUT2D eigenvalue weighted by Crippen LogP contribution is 2.25. The van der Waals surface area contributed by atoms with E-state index in [0.29, 0.717) is 26.8 Å². The van der Waals surface area contributed by atoms with Gasteiger partial charge in [0.2, 0.25) is 5.91 Å². The summed E-state index contributed by atoms with van der Waals surface area (Å²) < 4.78 is 2.85. The van der Waals surface area contributed by atoms with E-state index in [2.05, 4.69) is 15.4 Å². The minimum absolute atomic E-state index is 0.197. The number of rotatable bonds is 4. The van der Waals surface area contributed by atoms with Gasteiger partial charge in [0.05, 0.1) is 21.9 Å². The first kappa shape index (κ1) is 19.2. The van der Waals surface area contributed by atoms with Crippen molar-refractivity contribution in [2.75, 3.05) is 5.32 Å². The molecule has 0 saturated carbocycles. The van der Waals surface area contributed by atoms with Crippen molar-refractivity contribution in [3.8, 4) is 5.69 Å². The third-order valence-corrected chi connectivity index (χ3v) is 5.15. The van der Waals surface area contributed by atoms with E-state index in [1.54, 1.807) is 16.8 Å². The van der Waals surface area contributed by atoms with Crippen LogP contribution in [0.2, 0.25) is 10.0 Å². The lowest BCUT2D eigenvalue weighted by Crippen LogP contribution is -2.27. The van der Waals surface area contributed by atoms with Crippen LogP contribution in [0.1, 0.15) is 5.56 Å². The molecule has 0 atom stereocenters. The number of anilines is 1. The van der Waals surface area contributed by atoms with Gasteiger partial charge in [0.15, 0.2) is 5.65 Å². The van der Waals surface area contributed by atoms with Crippen LogP contribution in [0.25, 0.3) is 16.7 Å². The fraction of sp³-hybridized carbons (Fsp3) is 0.100. The summed E-state index contributed by atoms with van der Waals surface area (Å²) in [5.41, 5.74) is 2.41. The molecule has 0 radical (unpaired) electrons. The van der Waals surface area contributed by atoms with E-state index in [1.807, 2.05) is 31.2 Å². The molecule has 0 bridgehead atoms. The molecule has 0 saturated heterocycles. The largest absolute Gasteiger partial charge is 0.324 e. The molecule has 1 N–H and O–H groups in total. The van der Waals surface area contributed by atoms with Crippen LogP contribution >= 0.6 is 23.2 Å². The Morgan fingerprint density at radius 2 is 1.93 bits per heavy atom. The first-order valence-corrected chi connectivity index (χ1v) is 9.44. The molecule has 0 unspecified atom stereocenters. The molecular weight excluding hydrogens is 413 g/mol. The SMILES string of the molecule is Cc1ccccc1-n1ncc2c(=O)n(CC(=O)Nc3ccc(Cl)c(Cl)c3)cnc21. The lowest BCUT2D eigenvalue weighted by Gasteiger charge is -2.09. The van der Waals surface area contributed by atoms with Crippen molar-refractivity contribution in [1.29, 1.82) is 0 Å². The topological polar surface area (TPSA) is 81.8 Å². The van der Waals surface area contributed by atoms with Gasteiger partial charge in [-0.2, -0.15) is 5.10 Å². The van der Waals surface area contributed by atoms with E-state index in [1.165, 1.54) is 23.2 Å². The minimum atomic E-state index is -0.391. The number of hydrogen-bond acceptors (Lipinski definition) is 4. The summed E-state index contributed by atoms with van der Waals surface area (Å²) in [6.45, 7) is 1.76. The Hall–Kier alpha value is -3.16.